The maximum atomic E-state index is 5.46. The van der Waals surface area contributed by atoms with E-state index >= 15 is 0 Å². The Labute approximate surface area is 76.1 Å². The van der Waals surface area contributed by atoms with Gasteiger partial charge in [0.25, 0.3) is 0 Å². The van der Waals surface area contributed by atoms with E-state index in [1.54, 1.807) is 0 Å². The van der Waals surface area contributed by atoms with Crippen LogP contribution in [0.2, 0.25) is 0 Å². The van der Waals surface area contributed by atoms with Gasteiger partial charge in [0.15, 0.2) is 0 Å². The highest BCUT2D eigenvalue weighted by Crippen LogP contribution is 2.00. The molecule has 12 heavy (non-hydrogen) atoms. The molecule has 0 aromatic carbocycles. The molecule has 0 heterocycles. The lowest BCUT2D eigenvalue weighted by molar-refractivity contribution is 0.208. The minimum absolute atomic E-state index is 0.855. The van der Waals surface area contributed by atoms with E-state index in [1.807, 2.05) is 32.1 Å². The predicted molar refractivity (Wildman–Crippen MR) is 54.0 cm³/mol. The molecule has 0 aliphatic carbocycles. The van der Waals surface area contributed by atoms with Crippen LogP contribution in [0, 0.1) is 0 Å². The maximum absolute atomic E-state index is 5.46. The van der Waals surface area contributed by atoms with Crippen LogP contribution in [0.25, 0.3) is 0 Å². The second kappa shape index (κ2) is 8.38. The van der Waals surface area contributed by atoms with Crippen molar-refractivity contribution in [3.8, 4) is 0 Å². The summed E-state index contributed by atoms with van der Waals surface area (Å²) < 4.78 is 5.46. The number of ether oxygens (including phenoxy) is 1. The fraction of sp³-hybridized carbons (Fsp3) is 0.636. The lowest BCUT2D eigenvalue weighted by Gasteiger charge is -2.03. The highest BCUT2D eigenvalue weighted by Gasteiger charge is 1.88. The Morgan fingerprint density at radius 3 is 2.67 bits per heavy atom. The van der Waals surface area contributed by atoms with E-state index < -0.39 is 0 Å². The van der Waals surface area contributed by atoms with Crippen LogP contribution in [0.4, 0.5) is 0 Å². The summed E-state index contributed by atoms with van der Waals surface area (Å²) in [5, 5.41) is 0. The molecule has 0 atom stereocenters. The fourth-order valence-electron chi connectivity index (χ4n) is 0.865. The summed E-state index contributed by atoms with van der Waals surface area (Å²) >= 11 is 0. The molecule has 0 unspecified atom stereocenters. The van der Waals surface area contributed by atoms with E-state index in [1.165, 1.54) is 12.8 Å². The van der Waals surface area contributed by atoms with Gasteiger partial charge in [-0.1, -0.05) is 31.9 Å². The summed E-state index contributed by atoms with van der Waals surface area (Å²) in [6, 6.07) is 0. The average molecular weight is 168 g/mol. The molecule has 0 aliphatic rings. The molecule has 70 valence electrons. The van der Waals surface area contributed by atoms with E-state index in [0.29, 0.717) is 0 Å². The summed E-state index contributed by atoms with van der Waals surface area (Å²) in [5.41, 5.74) is 0. The molecule has 1 heteroatoms. The third kappa shape index (κ3) is 7.39. The first kappa shape index (κ1) is 11.3. The van der Waals surface area contributed by atoms with Crippen molar-refractivity contribution in [2.24, 2.45) is 0 Å². The van der Waals surface area contributed by atoms with Crippen LogP contribution in [-0.4, -0.2) is 6.61 Å². The Kier molecular flexibility index (Phi) is 7.87. The number of hydrogen-bond donors (Lipinski definition) is 0. The Hall–Kier alpha value is -0.720. The van der Waals surface area contributed by atoms with Gasteiger partial charge < -0.3 is 4.74 Å². The third-order valence-electron chi connectivity index (χ3n) is 1.60. The molecule has 0 saturated carbocycles. The molecule has 0 rings (SSSR count). The predicted octanol–water partition coefficient (Wildman–Crippen LogP) is 3.67. The number of rotatable bonds is 6. The first-order valence-corrected chi connectivity index (χ1v) is 4.73. The first-order chi connectivity index (χ1) is 5.81. The van der Waals surface area contributed by atoms with Crippen molar-refractivity contribution < 1.29 is 4.74 Å². The Morgan fingerprint density at radius 1 is 1.33 bits per heavy atom. The zero-order valence-electron chi connectivity index (χ0n) is 8.47. The summed E-state index contributed by atoms with van der Waals surface area (Å²) in [6.07, 6.45) is 9.66. The van der Waals surface area contributed by atoms with Crippen molar-refractivity contribution in [2.45, 2.75) is 40.0 Å². The van der Waals surface area contributed by atoms with Crippen molar-refractivity contribution in [3.63, 3.8) is 0 Å². The molecule has 0 fully saturated rings. The van der Waals surface area contributed by atoms with E-state index in [4.69, 9.17) is 4.74 Å². The van der Waals surface area contributed by atoms with Gasteiger partial charge in [-0.2, -0.15) is 0 Å². The highest BCUT2D eigenvalue weighted by atomic mass is 16.5. The van der Waals surface area contributed by atoms with Gasteiger partial charge in [0, 0.05) is 0 Å². The highest BCUT2D eigenvalue weighted by molar-refractivity contribution is 5.04. The minimum atomic E-state index is 0.855. The van der Waals surface area contributed by atoms with Gasteiger partial charge in [0.2, 0.25) is 0 Å². The van der Waals surface area contributed by atoms with Gasteiger partial charge in [-0.05, 0) is 26.3 Å². The zero-order chi connectivity index (χ0) is 9.23. The lowest BCUT2D eigenvalue weighted by Crippen LogP contribution is -1.91. The van der Waals surface area contributed by atoms with E-state index in [2.05, 4.69) is 6.92 Å². The van der Waals surface area contributed by atoms with Gasteiger partial charge in [0.05, 0.1) is 12.4 Å². The maximum Gasteiger partial charge on any atom is 0.0928 e. The molecule has 0 amide bonds. The Balaban J connectivity index is 3.36. The second-order valence-corrected chi connectivity index (χ2v) is 2.86. The van der Waals surface area contributed by atoms with Crippen LogP contribution in [0.3, 0.4) is 0 Å². The SMILES string of the molecule is C/C=C\C=C(/C)OCCCCC. The van der Waals surface area contributed by atoms with Gasteiger partial charge in [0.1, 0.15) is 0 Å². The molecule has 0 spiro atoms. The van der Waals surface area contributed by atoms with Crippen LogP contribution in [0.1, 0.15) is 40.0 Å². The lowest BCUT2D eigenvalue weighted by atomic mass is 10.3. The number of unbranched alkanes of at least 4 members (excludes halogenated alkanes) is 2. The first-order valence-electron chi connectivity index (χ1n) is 4.73. The van der Waals surface area contributed by atoms with Crippen LogP contribution >= 0.6 is 0 Å². The molecule has 0 aromatic rings. The van der Waals surface area contributed by atoms with Crippen molar-refractivity contribution in [3.05, 3.63) is 24.0 Å². The van der Waals surface area contributed by atoms with Crippen molar-refractivity contribution in [2.75, 3.05) is 6.61 Å². The zero-order valence-corrected chi connectivity index (χ0v) is 8.47. The van der Waals surface area contributed by atoms with Gasteiger partial charge in [-0.25, -0.2) is 0 Å². The largest absolute Gasteiger partial charge is 0.498 e. The standard InChI is InChI=1S/C11H20O/c1-4-6-8-10-12-11(3)9-7-5-2/h5,7,9H,4,6,8,10H2,1-3H3/b7-5-,11-9+. The van der Waals surface area contributed by atoms with Gasteiger partial charge >= 0.3 is 0 Å². The van der Waals surface area contributed by atoms with Crippen LogP contribution in [0.15, 0.2) is 24.0 Å². The Bertz CT molecular complexity index is 145. The smallest absolute Gasteiger partial charge is 0.0928 e. The summed E-state index contributed by atoms with van der Waals surface area (Å²) in [7, 11) is 0. The average Bonchev–Trinajstić information content (AvgIpc) is 2.09. The van der Waals surface area contributed by atoms with Crippen LogP contribution in [0.5, 0.6) is 0 Å². The topological polar surface area (TPSA) is 9.23 Å². The normalized spacial score (nSPS) is 12.4. The monoisotopic (exact) mass is 168 g/mol. The van der Waals surface area contributed by atoms with E-state index in [0.717, 1.165) is 18.8 Å². The third-order valence-corrected chi connectivity index (χ3v) is 1.60. The van der Waals surface area contributed by atoms with Gasteiger partial charge in [-0.15, -0.1) is 0 Å². The van der Waals surface area contributed by atoms with Crippen molar-refractivity contribution in [1.82, 2.24) is 0 Å². The summed E-state index contributed by atoms with van der Waals surface area (Å²) in [5.74, 6) is 1.00. The molecular formula is C11H20O. The quantitative estimate of drug-likeness (QED) is 0.334. The van der Waals surface area contributed by atoms with Crippen molar-refractivity contribution in [1.29, 1.82) is 0 Å². The molecule has 0 radical (unpaired) electrons. The molecule has 1 nitrogen and oxygen atoms in total. The van der Waals surface area contributed by atoms with E-state index in [9.17, 15) is 0 Å². The molecular weight excluding hydrogens is 148 g/mol. The molecule has 0 aliphatic heterocycles. The fourth-order valence-corrected chi connectivity index (χ4v) is 0.865. The number of hydrogen-bond acceptors (Lipinski definition) is 1. The summed E-state index contributed by atoms with van der Waals surface area (Å²) in [6.45, 7) is 7.04. The second-order valence-electron chi connectivity index (χ2n) is 2.86. The molecule has 0 bridgehead atoms. The van der Waals surface area contributed by atoms with Crippen molar-refractivity contribution >= 4 is 0 Å². The summed E-state index contributed by atoms with van der Waals surface area (Å²) in [4.78, 5) is 0. The van der Waals surface area contributed by atoms with Crippen LogP contribution < -0.4 is 0 Å². The Morgan fingerprint density at radius 2 is 2.08 bits per heavy atom. The van der Waals surface area contributed by atoms with E-state index in [-0.39, 0.29) is 0 Å². The number of allylic oxidation sites excluding steroid dienone is 4. The molecule has 0 N–H and O–H groups in total. The minimum Gasteiger partial charge on any atom is -0.498 e. The molecule has 0 saturated heterocycles. The van der Waals surface area contributed by atoms with Crippen LogP contribution in [-0.2, 0) is 4.74 Å². The molecule has 0 aromatic heterocycles. The van der Waals surface area contributed by atoms with Gasteiger partial charge in [-0.3, -0.25) is 0 Å².